The van der Waals surface area contributed by atoms with E-state index < -0.39 is 0 Å². The molecule has 16 heavy (non-hydrogen) atoms. The summed E-state index contributed by atoms with van der Waals surface area (Å²) in [6, 6.07) is 7.12. The molecule has 1 heterocycles. The maximum absolute atomic E-state index is 13.3. The summed E-state index contributed by atoms with van der Waals surface area (Å²) in [6.07, 6.45) is 1.86. The van der Waals surface area contributed by atoms with Gasteiger partial charge < -0.3 is 5.32 Å². The van der Waals surface area contributed by atoms with Crippen molar-refractivity contribution in [2.24, 2.45) is 7.05 Å². The Morgan fingerprint density at radius 1 is 1.38 bits per heavy atom. The SMILES string of the molecule is Cc1ccc(CNc2ccn(C)n2)cc1F. The fourth-order valence-electron chi connectivity index (χ4n) is 1.45. The Morgan fingerprint density at radius 2 is 2.19 bits per heavy atom. The number of nitrogens with one attached hydrogen (secondary N) is 1. The van der Waals surface area contributed by atoms with Crippen LogP contribution in [-0.2, 0) is 13.6 Å². The molecule has 1 N–H and O–H groups in total. The van der Waals surface area contributed by atoms with Crippen LogP contribution in [0.25, 0.3) is 0 Å². The molecule has 2 rings (SSSR count). The summed E-state index contributed by atoms with van der Waals surface area (Å²) in [5.41, 5.74) is 1.58. The third kappa shape index (κ3) is 2.39. The first-order valence-corrected chi connectivity index (χ1v) is 5.14. The first-order chi connectivity index (χ1) is 7.65. The van der Waals surface area contributed by atoms with Crippen LogP contribution in [0.4, 0.5) is 10.2 Å². The van der Waals surface area contributed by atoms with Gasteiger partial charge >= 0.3 is 0 Å². The zero-order valence-electron chi connectivity index (χ0n) is 9.37. The first-order valence-electron chi connectivity index (χ1n) is 5.14. The smallest absolute Gasteiger partial charge is 0.148 e. The van der Waals surface area contributed by atoms with Crippen molar-refractivity contribution in [2.45, 2.75) is 13.5 Å². The molecule has 1 aromatic carbocycles. The van der Waals surface area contributed by atoms with Crippen LogP contribution in [0.5, 0.6) is 0 Å². The third-order valence-corrected chi connectivity index (χ3v) is 2.42. The highest BCUT2D eigenvalue weighted by Crippen LogP contribution is 2.11. The Hall–Kier alpha value is -1.84. The number of aromatic nitrogens is 2. The molecule has 0 spiro atoms. The lowest BCUT2D eigenvalue weighted by atomic mass is 10.1. The number of benzene rings is 1. The predicted molar refractivity (Wildman–Crippen MR) is 61.7 cm³/mol. The summed E-state index contributed by atoms with van der Waals surface area (Å²) in [6.45, 7) is 2.33. The molecule has 0 amide bonds. The molecule has 0 aliphatic carbocycles. The molecule has 0 aliphatic rings. The van der Waals surface area contributed by atoms with Gasteiger partial charge in [0, 0.05) is 25.9 Å². The highest BCUT2D eigenvalue weighted by Gasteiger charge is 2.00. The molecule has 0 aliphatic heterocycles. The van der Waals surface area contributed by atoms with E-state index in [0.717, 1.165) is 11.4 Å². The van der Waals surface area contributed by atoms with Crippen LogP contribution in [0.2, 0.25) is 0 Å². The minimum atomic E-state index is -0.166. The minimum absolute atomic E-state index is 0.166. The Morgan fingerprint density at radius 3 is 2.81 bits per heavy atom. The van der Waals surface area contributed by atoms with Gasteiger partial charge in [0.25, 0.3) is 0 Å². The van der Waals surface area contributed by atoms with E-state index >= 15 is 0 Å². The maximum atomic E-state index is 13.3. The fourth-order valence-corrected chi connectivity index (χ4v) is 1.45. The minimum Gasteiger partial charge on any atom is -0.365 e. The van der Waals surface area contributed by atoms with Gasteiger partial charge in [-0.2, -0.15) is 5.10 Å². The number of anilines is 1. The quantitative estimate of drug-likeness (QED) is 0.859. The number of halogens is 1. The maximum Gasteiger partial charge on any atom is 0.148 e. The normalized spacial score (nSPS) is 10.4. The number of nitrogens with zero attached hydrogens (tertiary/aromatic N) is 2. The average molecular weight is 219 g/mol. The topological polar surface area (TPSA) is 29.9 Å². The standard InChI is InChI=1S/C12H14FN3/c1-9-3-4-10(7-11(9)13)8-14-12-5-6-16(2)15-12/h3-7H,8H2,1-2H3,(H,14,15). The van der Waals surface area contributed by atoms with Gasteiger partial charge in [-0.25, -0.2) is 4.39 Å². The monoisotopic (exact) mass is 219 g/mol. The summed E-state index contributed by atoms with van der Waals surface area (Å²) in [7, 11) is 1.86. The molecule has 4 heteroatoms. The van der Waals surface area contributed by atoms with Gasteiger partial charge in [-0.3, -0.25) is 4.68 Å². The highest BCUT2D eigenvalue weighted by atomic mass is 19.1. The number of hydrogen-bond acceptors (Lipinski definition) is 2. The second-order valence-corrected chi connectivity index (χ2v) is 3.81. The van der Waals surface area contributed by atoms with Crippen LogP contribution in [0.15, 0.2) is 30.5 Å². The lowest BCUT2D eigenvalue weighted by molar-refractivity contribution is 0.616. The molecular formula is C12H14FN3. The van der Waals surface area contributed by atoms with E-state index in [4.69, 9.17) is 0 Å². The zero-order chi connectivity index (χ0) is 11.5. The van der Waals surface area contributed by atoms with Crippen molar-refractivity contribution in [2.75, 3.05) is 5.32 Å². The van der Waals surface area contributed by atoms with Crippen LogP contribution < -0.4 is 5.32 Å². The van der Waals surface area contributed by atoms with Crippen LogP contribution in [0.3, 0.4) is 0 Å². The van der Waals surface area contributed by atoms with Crippen molar-refractivity contribution in [1.82, 2.24) is 9.78 Å². The molecule has 0 radical (unpaired) electrons. The summed E-state index contributed by atoms with van der Waals surface area (Å²) in [5, 5.41) is 7.31. The van der Waals surface area contributed by atoms with Gasteiger partial charge in [0.1, 0.15) is 11.6 Å². The summed E-state index contributed by atoms with van der Waals surface area (Å²) in [5.74, 6) is 0.629. The van der Waals surface area contributed by atoms with Crippen LogP contribution >= 0.6 is 0 Å². The largest absolute Gasteiger partial charge is 0.365 e. The fraction of sp³-hybridized carbons (Fsp3) is 0.250. The molecule has 0 atom stereocenters. The molecule has 0 saturated heterocycles. The Kier molecular flexibility index (Phi) is 2.90. The first kappa shape index (κ1) is 10.7. The second-order valence-electron chi connectivity index (χ2n) is 3.81. The van der Waals surface area contributed by atoms with E-state index in [2.05, 4.69) is 10.4 Å². The zero-order valence-corrected chi connectivity index (χ0v) is 9.37. The number of rotatable bonds is 3. The van der Waals surface area contributed by atoms with Crippen LogP contribution in [0.1, 0.15) is 11.1 Å². The molecule has 1 aromatic heterocycles. The lowest BCUT2D eigenvalue weighted by Gasteiger charge is -2.04. The van der Waals surface area contributed by atoms with Gasteiger partial charge in [-0.15, -0.1) is 0 Å². The lowest BCUT2D eigenvalue weighted by Crippen LogP contribution is -2.01. The van der Waals surface area contributed by atoms with E-state index in [9.17, 15) is 4.39 Å². The van der Waals surface area contributed by atoms with E-state index in [-0.39, 0.29) is 5.82 Å². The van der Waals surface area contributed by atoms with Gasteiger partial charge in [0.05, 0.1) is 0 Å². The highest BCUT2D eigenvalue weighted by molar-refractivity contribution is 5.34. The van der Waals surface area contributed by atoms with Crippen molar-refractivity contribution < 1.29 is 4.39 Å². The summed E-state index contributed by atoms with van der Waals surface area (Å²) < 4.78 is 15.0. The number of aryl methyl sites for hydroxylation is 2. The molecule has 0 fully saturated rings. The molecule has 3 nitrogen and oxygen atoms in total. The van der Waals surface area contributed by atoms with Crippen LogP contribution in [-0.4, -0.2) is 9.78 Å². The molecule has 0 saturated carbocycles. The predicted octanol–water partition coefficient (Wildman–Crippen LogP) is 2.48. The Balaban J connectivity index is 2.02. The summed E-state index contributed by atoms with van der Waals surface area (Å²) >= 11 is 0. The van der Waals surface area contributed by atoms with Crippen LogP contribution in [0, 0.1) is 12.7 Å². The molecule has 0 unspecified atom stereocenters. The van der Waals surface area contributed by atoms with E-state index in [1.165, 1.54) is 0 Å². The van der Waals surface area contributed by atoms with E-state index in [1.54, 1.807) is 23.7 Å². The van der Waals surface area contributed by atoms with Gasteiger partial charge in [-0.05, 0) is 24.1 Å². The number of hydrogen-bond donors (Lipinski definition) is 1. The van der Waals surface area contributed by atoms with Crippen molar-refractivity contribution in [3.63, 3.8) is 0 Å². The van der Waals surface area contributed by atoms with Gasteiger partial charge in [0.2, 0.25) is 0 Å². The van der Waals surface area contributed by atoms with Crippen molar-refractivity contribution >= 4 is 5.82 Å². The second kappa shape index (κ2) is 4.35. The Labute approximate surface area is 93.9 Å². The summed E-state index contributed by atoms with van der Waals surface area (Å²) in [4.78, 5) is 0. The van der Waals surface area contributed by atoms with Crippen molar-refractivity contribution in [1.29, 1.82) is 0 Å². The van der Waals surface area contributed by atoms with E-state index in [0.29, 0.717) is 12.1 Å². The van der Waals surface area contributed by atoms with Gasteiger partial charge in [0.15, 0.2) is 0 Å². The Bertz CT molecular complexity index is 491. The molecule has 2 aromatic rings. The third-order valence-electron chi connectivity index (χ3n) is 2.42. The van der Waals surface area contributed by atoms with Gasteiger partial charge in [-0.1, -0.05) is 12.1 Å². The molecule has 0 bridgehead atoms. The molecular weight excluding hydrogens is 205 g/mol. The average Bonchev–Trinajstić information content (AvgIpc) is 2.66. The molecule has 84 valence electrons. The van der Waals surface area contributed by atoms with E-state index in [1.807, 2.05) is 25.4 Å². The van der Waals surface area contributed by atoms with Crippen molar-refractivity contribution in [3.8, 4) is 0 Å². The van der Waals surface area contributed by atoms with Crippen molar-refractivity contribution in [3.05, 3.63) is 47.4 Å².